The van der Waals surface area contributed by atoms with Crippen molar-refractivity contribution in [1.29, 1.82) is 0 Å². The van der Waals surface area contributed by atoms with Crippen LogP contribution in [-0.2, 0) is 43.2 Å². The van der Waals surface area contributed by atoms with E-state index in [9.17, 15) is 14.4 Å². The van der Waals surface area contributed by atoms with Crippen molar-refractivity contribution >= 4 is 28.6 Å². The van der Waals surface area contributed by atoms with Crippen LogP contribution in [0.3, 0.4) is 0 Å². The molecule has 9 nitrogen and oxygen atoms in total. The molecule has 1 aliphatic carbocycles. The number of allylic oxidation sites excluding steroid dienone is 1. The van der Waals surface area contributed by atoms with Gasteiger partial charge in [0.2, 0.25) is 5.91 Å². The summed E-state index contributed by atoms with van der Waals surface area (Å²) in [6.45, 7) is 11.5. The van der Waals surface area contributed by atoms with Crippen LogP contribution in [0.5, 0.6) is 0 Å². The molecule has 4 atom stereocenters. The molecule has 4 bridgehead atoms. The lowest BCUT2D eigenvalue weighted by Gasteiger charge is -2.27. The van der Waals surface area contributed by atoms with Crippen molar-refractivity contribution < 1.29 is 23.9 Å². The second kappa shape index (κ2) is 18.8. The van der Waals surface area contributed by atoms with Gasteiger partial charge in [-0.3, -0.25) is 19.4 Å². The van der Waals surface area contributed by atoms with Gasteiger partial charge in [0.05, 0.1) is 30.1 Å². The van der Waals surface area contributed by atoms with Crippen LogP contribution in [0.1, 0.15) is 102 Å². The highest BCUT2D eigenvalue weighted by atomic mass is 16.5. The number of pyridine rings is 1. The van der Waals surface area contributed by atoms with Crippen molar-refractivity contribution in [3.8, 4) is 22.4 Å². The van der Waals surface area contributed by atoms with Crippen LogP contribution < -0.4 is 10.6 Å². The van der Waals surface area contributed by atoms with Gasteiger partial charge >= 0.3 is 5.97 Å². The number of fused-ring (bicyclic) bond motifs is 4. The number of nitrogens with zero attached hydrogens (tertiary/aromatic N) is 2. The molecular weight excluding hydrogens is 713 g/mol. The van der Waals surface area contributed by atoms with Gasteiger partial charge in [0, 0.05) is 54.1 Å². The fourth-order valence-electron chi connectivity index (χ4n) is 8.82. The second-order valence-corrected chi connectivity index (χ2v) is 16.9. The van der Waals surface area contributed by atoms with Gasteiger partial charge < -0.3 is 24.7 Å². The van der Waals surface area contributed by atoms with Gasteiger partial charge in [0.25, 0.3) is 0 Å². The molecule has 0 radical (unpaired) electrons. The summed E-state index contributed by atoms with van der Waals surface area (Å²) in [4.78, 5) is 45.8. The summed E-state index contributed by atoms with van der Waals surface area (Å²) in [5.74, 6) is -0.256. The van der Waals surface area contributed by atoms with Crippen LogP contribution in [0.4, 0.5) is 0 Å². The number of nitrogens with one attached hydrogen (secondary N) is 2. The molecule has 304 valence electrons. The third-order valence-electron chi connectivity index (χ3n) is 12.2. The van der Waals surface area contributed by atoms with E-state index < -0.39 is 17.5 Å². The Bertz CT molecular complexity index is 2080. The van der Waals surface area contributed by atoms with E-state index >= 15 is 0 Å². The molecule has 0 unspecified atom stereocenters. The number of ether oxygens (including phenoxy) is 2. The standard InChI is InChI=1S/C48H62N4O5/c1-8-52-42-24-23-36-28-38(42)39(45(52)37-20-15-25-50-44(37)32(3)56-7)29-48(4,5)30-57-47(55)40(49-6)21-10-9-11-22-43(53)41(27-33-16-14-19-35(36)26-33)51-46(54)31(2)34-17-12-13-18-34/h11,14-16,19-20,22-26,28,31-32,34,40-41,49H,8-10,12-13,17-18,21,27,29-30H2,1-7H3,(H,51,54)/b22-11-/t31-,32-,40-,41-/m0/s1. The van der Waals surface area contributed by atoms with E-state index in [-0.39, 0.29) is 36.3 Å². The number of likely N-dealkylation sites (N-methyl/N-ethyl adjacent to an activating group) is 1. The summed E-state index contributed by atoms with van der Waals surface area (Å²) in [7, 11) is 3.49. The summed E-state index contributed by atoms with van der Waals surface area (Å²) in [5, 5.41) is 7.44. The zero-order valence-corrected chi connectivity index (χ0v) is 35.0. The van der Waals surface area contributed by atoms with Crippen molar-refractivity contribution in [2.45, 2.75) is 117 Å². The lowest BCUT2D eigenvalue weighted by atomic mass is 9.84. The van der Waals surface area contributed by atoms with E-state index in [0.29, 0.717) is 38.0 Å². The molecule has 3 heterocycles. The molecule has 4 aromatic rings. The number of amides is 1. The Morgan fingerprint density at radius 1 is 1.00 bits per heavy atom. The van der Waals surface area contributed by atoms with Crippen molar-refractivity contribution in [1.82, 2.24) is 20.2 Å². The molecule has 9 heteroatoms. The Kier molecular flexibility index (Phi) is 13.8. The predicted octanol–water partition coefficient (Wildman–Crippen LogP) is 8.96. The maximum absolute atomic E-state index is 13.8. The Morgan fingerprint density at radius 3 is 2.51 bits per heavy atom. The molecule has 2 aliphatic rings. The van der Waals surface area contributed by atoms with Gasteiger partial charge in [-0.15, -0.1) is 0 Å². The maximum atomic E-state index is 13.8. The minimum Gasteiger partial charge on any atom is -0.464 e. The first-order valence-corrected chi connectivity index (χ1v) is 21.0. The second-order valence-electron chi connectivity index (χ2n) is 16.9. The van der Waals surface area contributed by atoms with Crippen LogP contribution >= 0.6 is 0 Å². The van der Waals surface area contributed by atoms with Gasteiger partial charge in [-0.1, -0.05) is 70.0 Å². The zero-order valence-electron chi connectivity index (χ0n) is 35.0. The van der Waals surface area contributed by atoms with E-state index in [1.165, 1.54) is 0 Å². The summed E-state index contributed by atoms with van der Waals surface area (Å²) in [6, 6.07) is 17.9. The first-order valence-electron chi connectivity index (χ1n) is 21.0. The number of ketones is 1. The third-order valence-corrected chi connectivity index (χ3v) is 12.2. The number of esters is 1. The smallest absolute Gasteiger partial charge is 0.323 e. The summed E-state index contributed by atoms with van der Waals surface area (Å²) in [5.41, 5.74) is 7.91. The number of carbonyl (C=O) groups is 3. The van der Waals surface area contributed by atoms with Crippen molar-refractivity contribution in [2.75, 3.05) is 20.8 Å². The van der Waals surface area contributed by atoms with Gasteiger partial charge in [-0.05, 0) is 118 Å². The number of cyclic esters (lactones) is 1. The highest BCUT2D eigenvalue weighted by Gasteiger charge is 2.32. The van der Waals surface area contributed by atoms with E-state index in [1.807, 2.05) is 44.3 Å². The van der Waals surface area contributed by atoms with Crippen LogP contribution in [0.15, 0.2) is 72.9 Å². The molecule has 1 saturated carbocycles. The molecule has 0 spiro atoms. The number of methoxy groups -OCH3 is 1. The first kappa shape index (κ1) is 42.0. The largest absolute Gasteiger partial charge is 0.464 e. The molecule has 1 amide bonds. The SMILES string of the molecule is CCn1c(-c2cccnc2[C@H](C)OC)c2c3cc(ccc31)-c1cccc(c1)C[C@H](NC(=O)[C@@H](C)C1CCCC1)C(=O)/C=C\CCC[C@H](NC)C(=O)OCC(C)(C)C2. The average Bonchev–Trinajstić information content (AvgIpc) is 3.86. The predicted molar refractivity (Wildman–Crippen MR) is 228 cm³/mol. The Balaban J connectivity index is 1.47. The lowest BCUT2D eigenvalue weighted by Crippen LogP contribution is -2.45. The summed E-state index contributed by atoms with van der Waals surface area (Å²) < 4.78 is 14.3. The highest BCUT2D eigenvalue weighted by Crippen LogP contribution is 2.42. The van der Waals surface area contributed by atoms with Crippen molar-refractivity contribution in [3.63, 3.8) is 0 Å². The highest BCUT2D eigenvalue weighted by molar-refractivity contribution is 5.98. The van der Waals surface area contributed by atoms with Gasteiger partial charge in [0.15, 0.2) is 5.78 Å². The molecule has 1 aliphatic heterocycles. The lowest BCUT2D eigenvalue weighted by molar-refractivity contribution is -0.149. The van der Waals surface area contributed by atoms with Crippen molar-refractivity contribution in [2.24, 2.45) is 17.3 Å². The zero-order chi connectivity index (χ0) is 40.7. The molecule has 2 aromatic heterocycles. The third kappa shape index (κ3) is 9.75. The molecular formula is C48H62N4O5. The Labute approximate surface area is 339 Å². The molecule has 6 rings (SSSR count). The van der Waals surface area contributed by atoms with Crippen molar-refractivity contribution in [3.05, 3.63) is 89.8 Å². The number of aryl methyl sites for hydroxylation is 1. The van der Waals surface area contributed by atoms with Gasteiger partial charge in [-0.25, -0.2) is 0 Å². The number of rotatable bonds is 8. The van der Waals surface area contributed by atoms with Crippen LogP contribution in [0.2, 0.25) is 0 Å². The molecule has 0 saturated heterocycles. The Morgan fingerprint density at radius 2 is 1.77 bits per heavy atom. The minimum absolute atomic E-state index is 0.0560. The van der Waals surface area contributed by atoms with E-state index in [1.54, 1.807) is 20.2 Å². The number of aromatic nitrogens is 2. The van der Waals surface area contributed by atoms with E-state index in [0.717, 1.165) is 82.3 Å². The first-order chi connectivity index (χ1) is 27.4. The fraction of sp³-hybridized carbons (Fsp3) is 0.500. The topological polar surface area (TPSA) is 112 Å². The van der Waals surface area contributed by atoms with Gasteiger partial charge in [-0.2, -0.15) is 0 Å². The fourth-order valence-corrected chi connectivity index (χ4v) is 8.82. The number of benzene rings is 2. The maximum Gasteiger partial charge on any atom is 0.323 e. The Hall–Kier alpha value is -4.60. The molecule has 2 N–H and O–H groups in total. The molecule has 57 heavy (non-hydrogen) atoms. The van der Waals surface area contributed by atoms with Gasteiger partial charge in [0.1, 0.15) is 6.04 Å². The van der Waals surface area contributed by atoms with Crippen LogP contribution in [0.25, 0.3) is 33.3 Å². The summed E-state index contributed by atoms with van der Waals surface area (Å²) >= 11 is 0. The average molecular weight is 775 g/mol. The minimum atomic E-state index is -0.692. The quantitative estimate of drug-likeness (QED) is 0.172. The van der Waals surface area contributed by atoms with E-state index in [2.05, 4.69) is 72.4 Å². The van der Waals surface area contributed by atoms with E-state index in [4.69, 9.17) is 14.5 Å². The molecule has 1 fully saturated rings. The monoisotopic (exact) mass is 774 g/mol. The number of hydrogen-bond acceptors (Lipinski definition) is 7. The summed E-state index contributed by atoms with van der Waals surface area (Å²) in [6.07, 6.45) is 12.4. The number of hydrogen-bond donors (Lipinski definition) is 2. The normalized spacial score (nSPS) is 21.5. The van der Waals surface area contributed by atoms with Crippen LogP contribution in [0, 0.1) is 17.3 Å². The van der Waals surface area contributed by atoms with Crippen LogP contribution in [-0.4, -0.2) is 60.1 Å². The molecule has 2 aromatic carbocycles. The number of carbonyl (C=O) groups excluding carboxylic acids is 3.